The van der Waals surface area contributed by atoms with Crippen molar-refractivity contribution in [2.75, 3.05) is 5.32 Å². The highest BCUT2D eigenvalue weighted by Crippen LogP contribution is 2.21. The predicted octanol–water partition coefficient (Wildman–Crippen LogP) is 2.53. The van der Waals surface area contributed by atoms with Crippen LogP contribution in [-0.2, 0) is 11.3 Å². The molecule has 0 spiro atoms. The van der Waals surface area contributed by atoms with E-state index in [9.17, 15) is 9.59 Å². The number of aromatic nitrogens is 5. The minimum absolute atomic E-state index is 0.187. The molecule has 138 valence electrons. The molecule has 0 unspecified atom stereocenters. The second kappa shape index (κ2) is 6.80. The second-order valence-electron chi connectivity index (χ2n) is 6.18. The molecule has 0 aromatic carbocycles. The van der Waals surface area contributed by atoms with Crippen LogP contribution in [0.5, 0.6) is 0 Å². The molecule has 0 aliphatic carbocycles. The summed E-state index contributed by atoms with van der Waals surface area (Å²) in [5, 5.41) is 13.7. The fraction of sp³-hybridized carbons (Fsp3) is 0.235. The Bertz CT molecular complexity index is 1160. The molecular formula is C17H16N6O3S. The first kappa shape index (κ1) is 17.2. The Hall–Kier alpha value is -3.27. The van der Waals surface area contributed by atoms with E-state index in [4.69, 9.17) is 4.42 Å². The Balaban J connectivity index is 1.50. The minimum atomic E-state index is -0.680. The average molecular weight is 384 g/mol. The number of nitrogens with one attached hydrogen (secondary N) is 1. The Labute approximate surface area is 157 Å². The Morgan fingerprint density at radius 3 is 2.96 bits per heavy atom. The molecular weight excluding hydrogens is 368 g/mol. The molecule has 4 aromatic rings. The summed E-state index contributed by atoms with van der Waals surface area (Å²) in [6, 6.07) is 5.59. The molecule has 0 fully saturated rings. The quantitative estimate of drug-likeness (QED) is 0.566. The zero-order valence-corrected chi connectivity index (χ0v) is 15.4. The molecule has 0 radical (unpaired) electrons. The summed E-state index contributed by atoms with van der Waals surface area (Å²) in [6.07, 6.45) is 3.26. The Kier molecular flexibility index (Phi) is 4.32. The fourth-order valence-electron chi connectivity index (χ4n) is 2.63. The lowest BCUT2D eigenvalue weighted by Gasteiger charge is -2.07. The molecule has 4 rings (SSSR count). The van der Waals surface area contributed by atoms with Crippen molar-refractivity contribution < 1.29 is 9.21 Å². The molecule has 0 atom stereocenters. The first-order valence-electron chi connectivity index (χ1n) is 8.26. The molecule has 10 heteroatoms. The van der Waals surface area contributed by atoms with Gasteiger partial charge in [0.05, 0.1) is 23.0 Å². The van der Waals surface area contributed by atoms with E-state index in [0.717, 1.165) is 20.6 Å². The normalized spacial score (nSPS) is 11.4. The highest BCUT2D eigenvalue weighted by molar-refractivity contribution is 7.13. The van der Waals surface area contributed by atoms with Crippen molar-refractivity contribution in [3.8, 4) is 10.8 Å². The first-order valence-corrected chi connectivity index (χ1v) is 9.14. The van der Waals surface area contributed by atoms with Gasteiger partial charge in [-0.2, -0.15) is 9.78 Å². The maximum Gasteiger partial charge on any atom is 0.437 e. The third-order valence-electron chi connectivity index (χ3n) is 3.84. The van der Waals surface area contributed by atoms with Crippen LogP contribution < -0.4 is 11.1 Å². The van der Waals surface area contributed by atoms with Crippen molar-refractivity contribution in [1.82, 2.24) is 24.5 Å². The lowest BCUT2D eigenvalue weighted by Crippen LogP contribution is -2.25. The minimum Gasteiger partial charge on any atom is -0.387 e. The summed E-state index contributed by atoms with van der Waals surface area (Å²) in [4.78, 5) is 29.3. The van der Waals surface area contributed by atoms with Crippen LogP contribution in [0.4, 0.5) is 5.69 Å². The van der Waals surface area contributed by atoms with E-state index in [-0.39, 0.29) is 18.5 Å². The van der Waals surface area contributed by atoms with E-state index in [1.165, 1.54) is 11.3 Å². The molecule has 0 aliphatic heterocycles. The topological polar surface area (TPSA) is 108 Å². The van der Waals surface area contributed by atoms with Gasteiger partial charge in [0.25, 0.3) is 5.89 Å². The van der Waals surface area contributed by atoms with Crippen LogP contribution in [-0.4, -0.2) is 30.5 Å². The number of thiophene rings is 1. The number of carbonyl (C=O) groups is 1. The van der Waals surface area contributed by atoms with E-state index >= 15 is 0 Å². The van der Waals surface area contributed by atoms with Crippen LogP contribution in [0, 0.1) is 0 Å². The molecule has 0 bridgehead atoms. The molecule has 4 aromatic heterocycles. The van der Waals surface area contributed by atoms with Gasteiger partial charge in [0, 0.05) is 11.4 Å². The van der Waals surface area contributed by atoms with Crippen molar-refractivity contribution in [3.63, 3.8) is 0 Å². The number of fused-ring (bicyclic) bond motifs is 1. The Morgan fingerprint density at radius 2 is 2.22 bits per heavy atom. The maximum absolute atomic E-state index is 12.3. The lowest BCUT2D eigenvalue weighted by atomic mass is 10.3. The zero-order chi connectivity index (χ0) is 19.0. The van der Waals surface area contributed by atoms with Crippen LogP contribution in [0.3, 0.4) is 0 Å². The third kappa shape index (κ3) is 3.38. The van der Waals surface area contributed by atoms with Gasteiger partial charge < -0.3 is 9.73 Å². The van der Waals surface area contributed by atoms with Gasteiger partial charge in [-0.15, -0.1) is 16.4 Å². The van der Waals surface area contributed by atoms with Gasteiger partial charge in [-0.05, 0) is 31.4 Å². The highest BCUT2D eigenvalue weighted by atomic mass is 32.1. The van der Waals surface area contributed by atoms with E-state index in [1.807, 2.05) is 30.0 Å². The van der Waals surface area contributed by atoms with Crippen molar-refractivity contribution in [2.45, 2.75) is 26.4 Å². The number of anilines is 1. The molecule has 1 amide bonds. The van der Waals surface area contributed by atoms with Gasteiger partial charge in [0.2, 0.25) is 5.91 Å². The molecule has 27 heavy (non-hydrogen) atoms. The van der Waals surface area contributed by atoms with E-state index < -0.39 is 11.7 Å². The van der Waals surface area contributed by atoms with Gasteiger partial charge in [-0.25, -0.2) is 14.5 Å². The molecule has 0 saturated carbocycles. The average Bonchev–Trinajstić information content (AvgIpc) is 3.34. The number of carbonyl (C=O) groups excluding carboxylic acids is 1. The number of pyridine rings is 1. The largest absolute Gasteiger partial charge is 0.437 e. The molecule has 9 nitrogen and oxygen atoms in total. The van der Waals surface area contributed by atoms with Crippen molar-refractivity contribution >= 4 is 34.0 Å². The number of hydrogen-bond donors (Lipinski definition) is 1. The van der Waals surface area contributed by atoms with Crippen molar-refractivity contribution in [3.05, 3.63) is 46.5 Å². The number of nitrogens with zero attached hydrogens (tertiary/aromatic N) is 5. The number of rotatable bonds is 5. The molecule has 1 N–H and O–H groups in total. The summed E-state index contributed by atoms with van der Waals surface area (Å²) in [5.74, 6) is -0.882. The SMILES string of the molecule is CC(C)n1ncc2cc(NC(=O)Cn3nc(-c4cccs4)oc3=O)cnc21. The molecule has 0 aliphatic rings. The van der Waals surface area contributed by atoms with E-state index in [0.29, 0.717) is 5.69 Å². The summed E-state index contributed by atoms with van der Waals surface area (Å²) >= 11 is 1.40. The van der Waals surface area contributed by atoms with Crippen LogP contribution in [0.25, 0.3) is 21.8 Å². The van der Waals surface area contributed by atoms with Crippen molar-refractivity contribution in [1.29, 1.82) is 0 Å². The Morgan fingerprint density at radius 1 is 1.37 bits per heavy atom. The van der Waals surface area contributed by atoms with Crippen molar-refractivity contribution in [2.24, 2.45) is 0 Å². The number of amides is 1. The smallest absolute Gasteiger partial charge is 0.387 e. The second-order valence-corrected chi connectivity index (χ2v) is 7.12. The van der Waals surface area contributed by atoms with E-state index in [2.05, 4.69) is 20.5 Å². The lowest BCUT2D eigenvalue weighted by molar-refractivity contribution is -0.117. The van der Waals surface area contributed by atoms with Gasteiger partial charge in [0.1, 0.15) is 6.54 Å². The van der Waals surface area contributed by atoms with Crippen LogP contribution >= 0.6 is 11.3 Å². The summed E-state index contributed by atoms with van der Waals surface area (Å²) < 4.78 is 7.90. The summed E-state index contributed by atoms with van der Waals surface area (Å²) in [6.45, 7) is 3.78. The zero-order valence-electron chi connectivity index (χ0n) is 14.6. The first-order chi connectivity index (χ1) is 13.0. The molecule has 4 heterocycles. The maximum atomic E-state index is 12.3. The van der Waals surface area contributed by atoms with Gasteiger partial charge in [0.15, 0.2) is 5.65 Å². The van der Waals surface area contributed by atoms with Gasteiger partial charge >= 0.3 is 5.76 Å². The third-order valence-corrected chi connectivity index (χ3v) is 4.70. The van der Waals surface area contributed by atoms with Crippen LogP contribution in [0.1, 0.15) is 19.9 Å². The molecule has 0 saturated heterocycles. The van der Waals surface area contributed by atoms with E-state index in [1.54, 1.807) is 24.5 Å². The monoisotopic (exact) mass is 384 g/mol. The fourth-order valence-corrected chi connectivity index (χ4v) is 3.27. The summed E-state index contributed by atoms with van der Waals surface area (Å²) in [7, 11) is 0. The van der Waals surface area contributed by atoms with Crippen LogP contribution in [0.15, 0.2) is 45.2 Å². The van der Waals surface area contributed by atoms with Crippen LogP contribution in [0.2, 0.25) is 0 Å². The summed E-state index contributed by atoms with van der Waals surface area (Å²) in [5.41, 5.74) is 1.27. The highest BCUT2D eigenvalue weighted by Gasteiger charge is 2.15. The standard InChI is InChI=1S/C17H16N6O3S/c1-10(2)23-15-11(7-19-23)6-12(8-18-15)20-14(24)9-22-17(25)26-16(21-22)13-4-3-5-27-13/h3-8,10H,9H2,1-2H3,(H,20,24). The number of hydrogen-bond acceptors (Lipinski definition) is 7. The van der Waals surface area contributed by atoms with Gasteiger partial charge in [-0.3, -0.25) is 4.79 Å². The van der Waals surface area contributed by atoms with Gasteiger partial charge in [-0.1, -0.05) is 6.07 Å². The predicted molar refractivity (Wildman–Crippen MR) is 101 cm³/mol.